The van der Waals surface area contributed by atoms with Gasteiger partial charge >= 0.3 is 0 Å². The molecule has 4 rings (SSSR count). The van der Waals surface area contributed by atoms with E-state index in [1.165, 1.54) is 0 Å². The van der Waals surface area contributed by atoms with E-state index < -0.39 is 0 Å². The summed E-state index contributed by atoms with van der Waals surface area (Å²) in [4.78, 5) is 13.6. The van der Waals surface area contributed by atoms with Crippen molar-refractivity contribution in [1.82, 2.24) is 34.2 Å². The average Bonchev–Trinajstić information content (AvgIpc) is 3.17. The van der Waals surface area contributed by atoms with Gasteiger partial charge in [-0.15, -0.1) is 5.10 Å². The fraction of sp³-hybridized carbons (Fsp3) is 0.278. The second kappa shape index (κ2) is 6.08. The van der Waals surface area contributed by atoms with E-state index in [1.54, 1.807) is 4.52 Å². The molecule has 0 aliphatic heterocycles. The van der Waals surface area contributed by atoms with Gasteiger partial charge in [-0.1, -0.05) is 12.2 Å². The Morgan fingerprint density at radius 3 is 2.64 bits per heavy atom. The molecule has 0 atom stereocenters. The molecule has 0 aliphatic carbocycles. The first-order chi connectivity index (χ1) is 12.1. The van der Waals surface area contributed by atoms with Crippen LogP contribution in [0.4, 0.5) is 0 Å². The molecule has 0 fully saturated rings. The van der Waals surface area contributed by atoms with E-state index in [9.17, 15) is 0 Å². The van der Waals surface area contributed by atoms with Crippen molar-refractivity contribution in [2.24, 2.45) is 0 Å². The highest BCUT2D eigenvalue weighted by atomic mass is 15.3. The Morgan fingerprint density at radius 1 is 1.04 bits per heavy atom. The van der Waals surface area contributed by atoms with Crippen LogP contribution in [0.2, 0.25) is 0 Å². The van der Waals surface area contributed by atoms with Crippen molar-refractivity contribution >= 4 is 17.5 Å². The number of fused-ring (bicyclic) bond motifs is 2. The summed E-state index contributed by atoms with van der Waals surface area (Å²) in [6, 6.07) is 6.01. The number of allylic oxidation sites excluding steroid dienone is 1. The molecule has 0 aromatic carbocycles. The van der Waals surface area contributed by atoms with Crippen molar-refractivity contribution < 1.29 is 0 Å². The van der Waals surface area contributed by atoms with Crippen molar-refractivity contribution in [2.45, 2.75) is 33.6 Å². The third kappa shape index (κ3) is 2.88. The zero-order chi connectivity index (χ0) is 17.4. The average molecular weight is 333 g/mol. The van der Waals surface area contributed by atoms with Crippen LogP contribution >= 0.6 is 0 Å². The van der Waals surface area contributed by atoms with E-state index in [2.05, 4.69) is 25.1 Å². The summed E-state index contributed by atoms with van der Waals surface area (Å²) in [5.41, 5.74) is 3.90. The van der Waals surface area contributed by atoms with Crippen LogP contribution in [0.15, 0.2) is 30.5 Å². The summed E-state index contributed by atoms with van der Waals surface area (Å²) in [5.74, 6) is 2.19. The third-order valence-corrected chi connectivity index (χ3v) is 4.02. The fourth-order valence-electron chi connectivity index (χ4n) is 2.92. The first kappa shape index (κ1) is 15.4. The van der Waals surface area contributed by atoms with Gasteiger partial charge in [0.25, 0.3) is 5.78 Å². The van der Waals surface area contributed by atoms with Gasteiger partial charge in [0.1, 0.15) is 0 Å². The molecule has 0 saturated heterocycles. The van der Waals surface area contributed by atoms with E-state index in [-0.39, 0.29) is 0 Å². The van der Waals surface area contributed by atoms with Crippen molar-refractivity contribution in [1.29, 1.82) is 0 Å². The van der Waals surface area contributed by atoms with E-state index >= 15 is 0 Å². The van der Waals surface area contributed by atoms with Crippen LogP contribution in [-0.4, -0.2) is 34.2 Å². The number of nitrogens with zero attached hydrogens (tertiary/aromatic N) is 7. The maximum atomic E-state index is 4.65. The monoisotopic (exact) mass is 333 g/mol. The van der Waals surface area contributed by atoms with Gasteiger partial charge in [-0.3, -0.25) is 0 Å². The first-order valence-electron chi connectivity index (χ1n) is 8.31. The lowest BCUT2D eigenvalue weighted by molar-refractivity contribution is 0.781. The van der Waals surface area contributed by atoms with E-state index in [0.717, 1.165) is 34.2 Å². The summed E-state index contributed by atoms with van der Waals surface area (Å²) in [6.45, 7) is 5.96. The van der Waals surface area contributed by atoms with Crippen molar-refractivity contribution in [3.63, 3.8) is 0 Å². The molecule has 4 heterocycles. The summed E-state index contributed by atoms with van der Waals surface area (Å²) in [7, 11) is 0. The van der Waals surface area contributed by atoms with Gasteiger partial charge in [-0.2, -0.15) is 10.1 Å². The standard InChI is InChI=1S/C18H19N7/c1-4-6-14-7-5-10-24-17(14)20-15(22-24)8-9-16-21-18-19-12(2)11-13(3)25(18)23-16/h4-7,10-11H,8-9H2,1-3H3/b6-4-. The molecule has 25 heavy (non-hydrogen) atoms. The van der Waals surface area contributed by atoms with Gasteiger partial charge in [-0.25, -0.2) is 19.0 Å². The number of hydrogen-bond acceptors (Lipinski definition) is 5. The lowest BCUT2D eigenvalue weighted by atomic mass is 10.2. The number of aryl methyl sites for hydroxylation is 4. The van der Waals surface area contributed by atoms with Crippen LogP contribution in [0.3, 0.4) is 0 Å². The second-order valence-electron chi connectivity index (χ2n) is 6.04. The lowest BCUT2D eigenvalue weighted by Gasteiger charge is -1.97. The summed E-state index contributed by atoms with van der Waals surface area (Å²) < 4.78 is 3.60. The molecule has 126 valence electrons. The molecule has 7 heteroatoms. The molecule has 0 unspecified atom stereocenters. The van der Waals surface area contributed by atoms with Gasteiger partial charge in [0.15, 0.2) is 17.3 Å². The molecule has 0 aliphatic rings. The Kier molecular flexibility index (Phi) is 3.76. The third-order valence-electron chi connectivity index (χ3n) is 4.02. The maximum absolute atomic E-state index is 4.65. The highest BCUT2D eigenvalue weighted by Gasteiger charge is 2.11. The topological polar surface area (TPSA) is 73.3 Å². The highest BCUT2D eigenvalue weighted by molar-refractivity contribution is 5.64. The summed E-state index contributed by atoms with van der Waals surface area (Å²) in [5, 5.41) is 9.09. The molecular weight excluding hydrogens is 314 g/mol. The predicted octanol–water partition coefficient (Wildman–Crippen LogP) is 2.60. The molecular formula is C18H19N7. The number of pyridine rings is 1. The smallest absolute Gasteiger partial charge is 0.220 e. The molecule has 0 N–H and O–H groups in total. The minimum Gasteiger partial charge on any atom is -0.220 e. The van der Waals surface area contributed by atoms with Crippen LogP contribution in [0.1, 0.15) is 35.5 Å². The quantitative estimate of drug-likeness (QED) is 0.574. The van der Waals surface area contributed by atoms with Gasteiger partial charge in [0.2, 0.25) is 0 Å². The zero-order valence-electron chi connectivity index (χ0n) is 14.5. The highest BCUT2D eigenvalue weighted by Crippen LogP contribution is 2.12. The van der Waals surface area contributed by atoms with Crippen LogP contribution in [0.5, 0.6) is 0 Å². The molecule has 0 spiro atoms. The fourth-order valence-corrected chi connectivity index (χ4v) is 2.92. The first-order valence-corrected chi connectivity index (χ1v) is 8.31. The molecule has 0 amide bonds. The Hall–Kier alpha value is -3.09. The number of hydrogen-bond donors (Lipinski definition) is 0. The van der Waals surface area contributed by atoms with E-state index in [0.29, 0.717) is 18.6 Å². The van der Waals surface area contributed by atoms with Crippen LogP contribution in [-0.2, 0) is 12.8 Å². The Balaban J connectivity index is 1.60. The molecule has 4 aromatic heterocycles. The normalized spacial score (nSPS) is 12.0. The molecule has 4 aromatic rings. The van der Waals surface area contributed by atoms with Gasteiger partial charge in [0.05, 0.1) is 0 Å². The van der Waals surface area contributed by atoms with E-state index in [1.807, 2.05) is 61.8 Å². The number of aromatic nitrogens is 7. The van der Waals surface area contributed by atoms with Crippen molar-refractivity contribution in [2.75, 3.05) is 0 Å². The largest absolute Gasteiger partial charge is 0.252 e. The predicted molar refractivity (Wildman–Crippen MR) is 95.4 cm³/mol. The van der Waals surface area contributed by atoms with Gasteiger partial charge < -0.3 is 0 Å². The number of rotatable bonds is 4. The zero-order valence-corrected chi connectivity index (χ0v) is 14.5. The Labute approximate surface area is 145 Å². The SMILES string of the molecule is C/C=C\c1cccn2nc(CCc3nc4nc(C)cc(C)n4n3)nc12. The Morgan fingerprint density at radius 2 is 1.84 bits per heavy atom. The van der Waals surface area contributed by atoms with Crippen molar-refractivity contribution in [3.05, 3.63) is 59.1 Å². The van der Waals surface area contributed by atoms with Crippen LogP contribution < -0.4 is 0 Å². The lowest BCUT2D eigenvalue weighted by Crippen LogP contribution is -1.98. The van der Waals surface area contributed by atoms with E-state index in [4.69, 9.17) is 0 Å². The van der Waals surface area contributed by atoms with Gasteiger partial charge in [-0.05, 0) is 39.0 Å². The molecule has 0 saturated carbocycles. The maximum Gasteiger partial charge on any atom is 0.252 e. The molecule has 0 bridgehead atoms. The molecule has 0 radical (unpaired) electrons. The van der Waals surface area contributed by atoms with Crippen LogP contribution in [0, 0.1) is 13.8 Å². The minimum absolute atomic E-state index is 0.644. The summed E-state index contributed by atoms with van der Waals surface area (Å²) in [6.07, 6.45) is 7.32. The minimum atomic E-state index is 0.644. The second-order valence-corrected chi connectivity index (χ2v) is 6.04. The van der Waals surface area contributed by atoms with Gasteiger partial charge in [0, 0.05) is 36.0 Å². The summed E-state index contributed by atoms with van der Waals surface area (Å²) >= 11 is 0. The van der Waals surface area contributed by atoms with Crippen LogP contribution in [0.25, 0.3) is 17.5 Å². The van der Waals surface area contributed by atoms with Crippen molar-refractivity contribution in [3.8, 4) is 0 Å². The Bertz CT molecular complexity index is 1090. The molecule has 7 nitrogen and oxygen atoms in total.